The second-order valence-electron chi connectivity index (χ2n) is 6.36. The second kappa shape index (κ2) is 4.65. The lowest BCUT2D eigenvalue weighted by Gasteiger charge is -2.19. The molecule has 1 spiro atoms. The fourth-order valence-corrected chi connectivity index (χ4v) is 3.28. The molecule has 1 aliphatic carbocycles. The molecule has 7 heteroatoms. The van der Waals surface area contributed by atoms with Crippen LogP contribution >= 0.6 is 0 Å². The van der Waals surface area contributed by atoms with E-state index in [1.165, 1.54) is 12.5 Å². The molecule has 2 N–H and O–H groups in total. The number of amides is 1. The van der Waals surface area contributed by atoms with Crippen molar-refractivity contribution in [1.82, 2.24) is 15.0 Å². The average molecular weight is 311 g/mol. The van der Waals surface area contributed by atoms with Crippen LogP contribution < -0.4 is 15.9 Å². The summed E-state index contributed by atoms with van der Waals surface area (Å²) in [5, 5.41) is 2.71. The van der Waals surface area contributed by atoms with Crippen molar-refractivity contribution >= 4 is 23.2 Å². The molecule has 4 rings (SSSR count). The third-order valence-electron chi connectivity index (χ3n) is 4.51. The van der Waals surface area contributed by atoms with E-state index in [9.17, 15) is 9.59 Å². The normalized spacial score (nSPS) is 17.2. The van der Waals surface area contributed by atoms with Crippen LogP contribution in [0.1, 0.15) is 31.0 Å². The molecule has 118 valence electrons. The average Bonchev–Trinajstić information content (AvgIpc) is 3.16. The van der Waals surface area contributed by atoms with Crippen molar-refractivity contribution in [3.05, 3.63) is 40.1 Å². The molecule has 0 unspecified atom stereocenters. The monoisotopic (exact) mass is 311 g/mol. The Balaban J connectivity index is 1.82. The van der Waals surface area contributed by atoms with Gasteiger partial charge in [-0.25, -0.2) is 9.78 Å². The van der Waals surface area contributed by atoms with Crippen molar-refractivity contribution in [3.63, 3.8) is 0 Å². The molecule has 1 saturated carbocycles. The lowest BCUT2D eigenvalue weighted by atomic mass is 10.0. The highest BCUT2D eigenvalue weighted by atomic mass is 16.1. The first kappa shape index (κ1) is 13.9. The number of aryl methyl sites for hydroxylation is 1. The first-order valence-electron chi connectivity index (χ1n) is 7.60. The SMILES string of the molecule is CC(=O)Nc1cc2c(cn1)C1(CC1)CN2c1cc(C)[nH]c(=O)n1. The highest BCUT2D eigenvalue weighted by molar-refractivity contribution is 5.89. The molecule has 1 aliphatic heterocycles. The number of hydrogen-bond donors (Lipinski definition) is 2. The van der Waals surface area contributed by atoms with Gasteiger partial charge >= 0.3 is 5.69 Å². The Hall–Kier alpha value is -2.70. The summed E-state index contributed by atoms with van der Waals surface area (Å²) in [6, 6.07) is 3.73. The summed E-state index contributed by atoms with van der Waals surface area (Å²) < 4.78 is 0. The number of rotatable bonds is 2. The number of pyridine rings is 1. The van der Waals surface area contributed by atoms with E-state index < -0.39 is 0 Å². The summed E-state index contributed by atoms with van der Waals surface area (Å²) in [5.41, 5.74) is 2.68. The molecule has 0 aromatic carbocycles. The number of hydrogen-bond acceptors (Lipinski definition) is 5. The van der Waals surface area contributed by atoms with E-state index in [1.54, 1.807) is 0 Å². The minimum atomic E-state index is -0.352. The number of carbonyl (C=O) groups is 1. The van der Waals surface area contributed by atoms with Gasteiger partial charge in [-0.3, -0.25) is 4.79 Å². The number of anilines is 3. The molecular formula is C16H17N5O2. The summed E-state index contributed by atoms with van der Waals surface area (Å²) >= 11 is 0. The zero-order chi connectivity index (χ0) is 16.2. The van der Waals surface area contributed by atoms with Crippen molar-refractivity contribution in [3.8, 4) is 0 Å². The van der Waals surface area contributed by atoms with Crippen molar-refractivity contribution in [2.75, 3.05) is 16.8 Å². The molecule has 0 radical (unpaired) electrons. The summed E-state index contributed by atoms with van der Waals surface area (Å²) in [6.07, 6.45) is 4.06. The highest BCUT2D eigenvalue weighted by Crippen LogP contribution is 2.57. The molecule has 23 heavy (non-hydrogen) atoms. The van der Waals surface area contributed by atoms with Crippen molar-refractivity contribution in [1.29, 1.82) is 0 Å². The van der Waals surface area contributed by atoms with Crippen LogP contribution in [0.4, 0.5) is 17.3 Å². The van der Waals surface area contributed by atoms with E-state index >= 15 is 0 Å². The first-order valence-corrected chi connectivity index (χ1v) is 7.60. The summed E-state index contributed by atoms with van der Waals surface area (Å²) in [7, 11) is 0. The number of aromatic amines is 1. The van der Waals surface area contributed by atoms with E-state index in [1.807, 2.05) is 25.3 Å². The maximum absolute atomic E-state index is 11.7. The van der Waals surface area contributed by atoms with Gasteiger partial charge in [0.05, 0.1) is 5.69 Å². The van der Waals surface area contributed by atoms with E-state index in [4.69, 9.17) is 0 Å². The number of aromatic nitrogens is 3. The Morgan fingerprint density at radius 2 is 2.17 bits per heavy atom. The standard InChI is InChI=1S/C16H17N5O2/c1-9-5-14(20-15(23)18-9)21-8-16(3-4-16)11-7-17-13(6-12(11)21)19-10(2)22/h5-7H,3-4,8H2,1-2H3,(H,17,19,22)(H,18,20,23). The van der Waals surface area contributed by atoms with Gasteiger partial charge in [-0.1, -0.05) is 0 Å². The number of H-pyrrole nitrogens is 1. The van der Waals surface area contributed by atoms with E-state index in [0.29, 0.717) is 11.6 Å². The Kier molecular flexibility index (Phi) is 2.81. The molecule has 0 bridgehead atoms. The molecule has 3 heterocycles. The number of nitrogens with one attached hydrogen (secondary N) is 2. The molecule has 1 fully saturated rings. The predicted molar refractivity (Wildman–Crippen MR) is 86.1 cm³/mol. The van der Waals surface area contributed by atoms with Crippen LogP contribution in [0, 0.1) is 6.92 Å². The van der Waals surface area contributed by atoms with Gasteiger partial charge in [0.1, 0.15) is 11.6 Å². The fourth-order valence-electron chi connectivity index (χ4n) is 3.28. The van der Waals surface area contributed by atoms with Crippen LogP contribution in [0.2, 0.25) is 0 Å². The van der Waals surface area contributed by atoms with Gasteiger partial charge in [0.15, 0.2) is 0 Å². The molecule has 2 aliphatic rings. The van der Waals surface area contributed by atoms with Gasteiger partial charge < -0.3 is 15.2 Å². The van der Waals surface area contributed by atoms with Crippen LogP contribution in [-0.2, 0) is 10.2 Å². The summed E-state index contributed by atoms with van der Waals surface area (Å²) in [5.74, 6) is 0.991. The van der Waals surface area contributed by atoms with E-state index in [2.05, 4.69) is 25.2 Å². The maximum atomic E-state index is 11.7. The molecular weight excluding hydrogens is 294 g/mol. The van der Waals surface area contributed by atoms with Crippen molar-refractivity contribution < 1.29 is 4.79 Å². The zero-order valence-electron chi connectivity index (χ0n) is 13.0. The summed E-state index contributed by atoms with van der Waals surface area (Å²) in [4.78, 5) is 36.1. The lowest BCUT2D eigenvalue weighted by molar-refractivity contribution is -0.114. The topological polar surface area (TPSA) is 91.0 Å². The number of carbonyl (C=O) groups excluding carboxylic acids is 1. The van der Waals surface area contributed by atoms with E-state index in [0.717, 1.165) is 30.8 Å². The fraction of sp³-hybridized carbons (Fsp3) is 0.375. The Bertz CT molecular complexity index is 869. The van der Waals surface area contributed by atoms with Gasteiger partial charge in [0.2, 0.25) is 5.91 Å². The highest BCUT2D eigenvalue weighted by Gasteiger charge is 2.52. The quantitative estimate of drug-likeness (QED) is 0.879. The lowest BCUT2D eigenvalue weighted by Crippen LogP contribution is -2.24. The zero-order valence-corrected chi connectivity index (χ0v) is 13.0. The van der Waals surface area contributed by atoms with Crippen molar-refractivity contribution in [2.45, 2.75) is 32.1 Å². The first-order chi connectivity index (χ1) is 11.0. The predicted octanol–water partition coefficient (Wildman–Crippen LogP) is 1.62. The molecule has 0 saturated heterocycles. The van der Waals surface area contributed by atoms with Crippen LogP contribution in [0.25, 0.3) is 0 Å². The Morgan fingerprint density at radius 1 is 1.39 bits per heavy atom. The van der Waals surface area contributed by atoms with Gasteiger partial charge in [0.25, 0.3) is 0 Å². The minimum Gasteiger partial charge on any atom is -0.325 e. The number of fused-ring (bicyclic) bond motifs is 2. The molecule has 1 amide bonds. The van der Waals surface area contributed by atoms with Gasteiger partial charge in [0, 0.05) is 48.5 Å². The smallest absolute Gasteiger partial charge is 0.325 e. The van der Waals surface area contributed by atoms with Gasteiger partial charge in [-0.05, 0) is 19.8 Å². The van der Waals surface area contributed by atoms with Gasteiger partial charge in [-0.15, -0.1) is 0 Å². The minimum absolute atomic E-state index is 0.120. The van der Waals surface area contributed by atoms with Crippen LogP contribution in [-0.4, -0.2) is 27.4 Å². The summed E-state index contributed by atoms with van der Waals surface area (Å²) in [6.45, 7) is 4.09. The largest absolute Gasteiger partial charge is 0.347 e. The van der Waals surface area contributed by atoms with E-state index in [-0.39, 0.29) is 17.0 Å². The van der Waals surface area contributed by atoms with Crippen LogP contribution in [0.3, 0.4) is 0 Å². The number of nitrogens with zero attached hydrogens (tertiary/aromatic N) is 3. The second-order valence-corrected chi connectivity index (χ2v) is 6.36. The third-order valence-corrected chi connectivity index (χ3v) is 4.51. The molecule has 0 atom stereocenters. The third kappa shape index (κ3) is 2.28. The van der Waals surface area contributed by atoms with Crippen LogP contribution in [0.15, 0.2) is 23.1 Å². The van der Waals surface area contributed by atoms with Crippen molar-refractivity contribution in [2.24, 2.45) is 0 Å². The molecule has 2 aromatic rings. The Morgan fingerprint density at radius 3 is 2.83 bits per heavy atom. The molecule has 2 aromatic heterocycles. The van der Waals surface area contributed by atoms with Crippen LogP contribution in [0.5, 0.6) is 0 Å². The van der Waals surface area contributed by atoms with Gasteiger partial charge in [-0.2, -0.15) is 4.98 Å². The Labute approximate surface area is 132 Å². The molecule has 7 nitrogen and oxygen atoms in total. The maximum Gasteiger partial charge on any atom is 0.347 e.